The van der Waals surface area contributed by atoms with E-state index in [4.69, 9.17) is 0 Å². The summed E-state index contributed by atoms with van der Waals surface area (Å²) in [7, 11) is 0. The quantitative estimate of drug-likeness (QED) is 0.800. The van der Waals surface area contributed by atoms with Crippen LogP contribution in [0.15, 0.2) is 24.3 Å². The van der Waals surface area contributed by atoms with Crippen molar-refractivity contribution < 1.29 is 4.79 Å². The first-order chi connectivity index (χ1) is 8.15. The molecule has 1 N–H and O–H groups in total. The summed E-state index contributed by atoms with van der Waals surface area (Å²) in [6.45, 7) is 5.98. The average Bonchev–Trinajstić information content (AvgIpc) is 2.69. The van der Waals surface area contributed by atoms with Crippen molar-refractivity contribution in [2.75, 3.05) is 13.1 Å². The molecule has 2 heterocycles. The summed E-state index contributed by atoms with van der Waals surface area (Å²) in [5.41, 5.74) is 2.96. The standard InChI is InChI=1S/C14H16N2O/c1-9-7-16(8-9)14(17)12-6-11-5-3-4-10(2)13(11)15-12/h3-6,9,15H,7-8H2,1-2H3. The molecule has 1 aliphatic heterocycles. The van der Waals surface area contributed by atoms with Gasteiger partial charge in [-0.05, 0) is 24.5 Å². The lowest BCUT2D eigenvalue weighted by Crippen LogP contribution is -2.48. The molecule has 0 spiro atoms. The Labute approximate surface area is 100 Å². The van der Waals surface area contributed by atoms with Crippen molar-refractivity contribution in [3.63, 3.8) is 0 Å². The van der Waals surface area contributed by atoms with Crippen LogP contribution >= 0.6 is 0 Å². The van der Waals surface area contributed by atoms with Crippen LogP contribution in [0.5, 0.6) is 0 Å². The molecule has 0 bridgehead atoms. The van der Waals surface area contributed by atoms with Crippen LogP contribution in [0.3, 0.4) is 0 Å². The Balaban J connectivity index is 1.96. The predicted octanol–water partition coefficient (Wildman–Crippen LogP) is 2.57. The van der Waals surface area contributed by atoms with Gasteiger partial charge in [-0.3, -0.25) is 4.79 Å². The number of benzene rings is 1. The van der Waals surface area contributed by atoms with Gasteiger partial charge >= 0.3 is 0 Å². The Hall–Kier alpha value is -1.77. The highest BCUT2D eigenvalue weighted by Gasteiger charge is 2.28. The lowest BCUT2D eigenvalue weighted by atomic mass is 10.0. The minimum absolute atomic E-state index is 0.124. The molecule has 1 amide bonds. The molecule has 0 atom stereocenters. The van der Waals surface area contributed by atoms with Gasteiger partial charge in [0, 0.05) is 24.0 Å². The molecule has 17 heavy (non-hydrogen) atoms. The molecule has 1 saturated heterocycles. The number of H-pyrrole nitrogens is 1. The molecule has 2 aromatic rings. The number of hydrogen-bond acceptors (Lipinski definition) is 1. The fraction of sp³-hybridized carbons (Fsp3) is 0.357. The zero-order valence-corrected chi connectivity index (χ0v) is 10.2. The third-order valence-electron chi connectivity index (χ3n) is 3.45. The van der Waals surface area contributed by atoms with Crippen LogP contribution in [0, 0.1) is 12.8 Å². The Morgan fingerprint density at radius 1 is 1.41 bits per heavy atom. The van der Waals surface area contributed by atoms with E-state index >= 15 is 0 Å². The molecule has 0 saturated carbocycles. The molecule has 0 radical (unpaired) electrons. The summed E-state index contributed by atoms with van der Waals surface area (Å²) in [6.07, 6.45) is 0. The van der Waals surface area contributed by atoms with Gasteiger partial charge < -0.3 is 9.88 Å². The smallest absolute Gasteiger partial charge is 0.270 e. The number of aromatic amines is 1. The van der Waals surface area contributed by atoms with E-state index in [1.54, 1.807) is 0 Å². The lowest BCUT2D eigenvalue weighted by molar-refractivity contribution is 0.0525. The molecule has 88 valence electrons. The minimum atomic E-state index is 0.124. The van der Waals surface area contributed by atoms with Gasteiger partial charge in [0.05, 0.1) is 0 Å². The highest BCUT2D eigenvalue weighted by molar-refractivity contribution is 5.99. The maximum atomic E-state index is 12.1. The normalized spacial score (nSPS) is 16.2. The van der Waals surface area contributed by atoms with E-state index < -0.39 is 0 Å². The van der Waals surface area contributed by atoms with Crippen LogP contribution in [0.25, 0.3) is 10.9 Å². The highest BCUT2D eigenvalue weighted by atomic mass is 16.2. The maximum Gasteiger partial charge on any atom is 0.270 e. The number of nitrogens with one attached hydrogen (secondary N) is 1. The largest absolute Gasteiger partial charge is 0.350 e. The minimum Gasteiger partial charge on any atom is -0.350 e. The third-order valence-corrected chi connectivity index (χ3v) is 3.45. The number of carbonyl (C=O) groups excluding carboxylic acids is 1. The fourth-order valence-corrected chi connectivity index (χ4v) is 2.46. The van der Waals surface area contributed by atoms with Gasteiger partial charge in [-0.1, -0.05) is 25.1 Å². The molecular weight excluding hydrogens is 212 g/mol. The first-order valence-electron chi connectivity index (χ1n) is 6.03. The van der Waals surface area contributed by atoms with Crippen molar-refractivity contribution in [3.8, 4) is 0 Å². The number of carbonyl (C=O) groups is 1. The number of amides is 1. The Morgan fingerprint density at radius 2 is 2.18 bits per heavy atom. The SMILES string of the molecule is Cc1cccc2cc(C(=O)N3CC(C)C3)[nH]c12. The summed E-state index contributed by atoms with van der Waals surface area (Å²) < 4.78 is 0. The van der Waals surface area contributed by atoms with E-state index in [9.17, 15) is 4.79 Å². The highest BCUT2D eigenvalue weighted by Crippen LogP contribution is 2.22. The van der Waals surface area contributed by atoms with E-state index in [1.165, 1.54) is 5.56 Å². The van der Waals surface area contributed by atoms with Crippen LogP contribution < -0.4 is 0 Å². The van der Waals surface area contributed by atoms with E-state index in [0.29, 0.717) is 11.6 Å². The van der Waals surface area contributed by atoms with Gasteiger partial charge in [0.2, 0.25) is 0 Å². The molecular formula is C14H16N2O. The summed E-state index contributed by atoms with van der Waals surface area (Å²) in [4.78, 5) is 17.3. The fourth-order valence-electron chi connectivity index (χ4n) is 2.46. The molecule has 1 aromatic heterocycles. The topological polar surface area (TPSA) is 36.1 Å². The zero-order chi connectivity index (χ0) is 12.0. The van der Waals surface area contributed by atoms with Crippen LogP contribution in [0.2, 0.25) is 0 Å². The molecule has 1 aromatic carbocycles. The van der Waals surface area contributed by atoms with Crippen molar-refractivity contribution in [3.05, 3.63) is 35.5 Å². The van der Waals surface area contributed by atoms with Gasteiger partial charge in [-0.25, -0.2) is 0 Å². The Morgan fingerprint density at radius 3 is 2.82 bits per heavy atom. The van der Waals surface area contributed by atoms with Crippen LogP contribution in [-0.4, -0.2) is 28.9 Å². The molecule has 3 rings (SSSR count). The van der Waals surface area contributed by atoms with Crippen molar-refractivity contribution in [2.45, 2.75) is 13.8 Å². The predicted molar refractivity (Wildman–Crippen MR) is 68.1 cm³/mol. The zero-order valence-electron chi connectivity index (χ0n) is 10.2. The summed E-state index contributed by atoms with van der Waals surface area (Å²) in [6, 6.07) is 8.06. The third kappa shape index (κ3) is 1.62. The number of aryl methyl sites for hydroxylation is 1. The second kappa shape index (κ2) is 3.62. The second-order valence-electron chi connectivity index (χ2n) is 5.04. The lowest BCUT2D eigenvalue weighted by Gasteiger charge is -2.36. The number of hydrogen-bond donors (Lipinski definition) is 1. The molecule has 3 nitrogen and oxygen atoms in total. The summed E-state index contributed by atoms with van der Waals surface area (Å²) >= 11 is 0. The van der Waals surface area contributed by atoms with Gasteiger partial charge in [0.1, 0.15) is 5.69 Å². The van der Waals surface area contributed by atoms with E-state index in [-0.39, 0.29) is 5.91 Å². The molecule has 3 heteroatoms. The summed E-state index contributed by atoms with van der Waals surface area (Å²) in [5.74, 6) is 0.767. The monoisotopic (exact) mass is 228 g/mol. The van der Waals surface area contributed by atoms with Crippen molar-refractivity contribution in [2.24, 2.45) is 5.92 Å². The molecule has 1 fully saturated rings. The van der Waals surface area contributed by atoms with Gasteiger partial charge in [0.15, 0.2) is 0 Å². The van der Waals surface area contributed by atoms with Gasteiger partial charge in [-0.2, -0.15) is 0 Å². The first-order valence-corrected chi connectivity index (χ1v) is 6.03. The van der Waals surface area contributed by atoms with Crippen LogP contribution in [0.4, 0.5) is 0 Å². The van der Waals surface area contributed by atoms with E-state index in [2.05, 4.69) is 24.9 Å². The van der Waals surface area contributed by atoms with E-state index in [1.807, 2.05) is 23.1 Å². The van der Waals surface area contributed by atoms with Gasteiger partial charge in [0.25, 0.3) is 5.91 Å². The van der Waals surface area contributed by atoms with Gasteiger partial charge in [-0.15, -0.1) is 0 Å². The first kappa shape index (κ1) is 10.4. The number of nitrogens with zero attached hydrogens (tertiary/aromatic N) is 1. The number of fused-ring (bicyclic) bond motifs is 1. The second-order valence-corrected chi connectivity index (χ2v) is 5.04. The Bertz CT molecular complexity index is 579. The number of likely N-dealkylation sites (tertiary alicyclic amines) is 1. The van der Waals surface area contributed by atoms with Crippen molar-refractivity contribution in [1.29, 1.82) is 0 Å². The van der Waals surface area contributed by atoms with E-state index in [0.717, 1.165) is 24.0 Å². The van der Waals surface area contributed by atoms with Crippen LogP contribution in [0.1, 0.15) is 23.0 Å². The van der Waals surface area contributed by atoms with Crippen LogP contribution in [-0.2, 0) is 0 Å². The number of rotatable bonds is 1. The molecule has 0 aliphatic carbocycles. The summed E-state index contributed by atoms with van der Waals surface area (Å²) in [5, 5.41) is 1.11. The van der Waals surface area contributed by atoms with Crippen molar-refractivity contribution >= 4 is 16.8 Å². The molecule has 0 unspecified atom stereocenters. The maximum absolute atomic E-state index is 12.1. The number of para-hydroxylation sites is 1. The molecule has 1 aliphatic rings. The van der Waals surface area contributed by atoms with Crippen molar-refractivity contribution in [1.82, 2.24) is 9.88 Å². The average molecular weight is 228 g/mol. The number of aromatic nitrogens is 1. The Kier molecular flexibility index (Phi) is 2.21.